The number of carbonyl (C=O) groups excluding carboxylic acids is 1. The van der Waals surface area contributed by atoms with Crippen LogP contribution in [0.25, 0.3) is 5.57 Å². The number of unbranched alkanes of at least 4 members (excludes halogenated alkanes) is 1. The lowest BCUT2D eigenvalue weighted by Crippen LogP contribution is -2.40. The maximum absolute atomic E-state index is 13.3. The van der Waals surface area contributed by atoms with Crippen LogP contribution in [0.15, 0.2) is 90.7 Å². The van der Waals surface area contributed by atoms with E-state index in [4.69, 9.17) is 4.74 Å². The summed E-state index contributed by atoms with van der Waals surface area (Å²) in [4.78, 5) is 15.0. The number of nitrogens with one attached hydrogen (secondary N) is 1. The van der Waals surface area contributed by atoms with Gasteiger partial charge in [-0.2, -0.15) is 13.2 Å². The molecular weight excluding hydrogens is 577 g/mol. The molecule has 8 heteroatoms. The molecule has 1 aliphatic heterocycles. The maximum Gasteiger partial charge on any atom is 0.405 e. The average Bonchev–Trinajstić information content (AvgIpc) is 3.14. The fraction of sp³-hybridized carbons (Fsp3) is 0.378. The predicted molar refractivity (Wildman–Crippen MR) is 173 cm³/mol. The van der Waals surface area contributed by atoms with Crippen molar-refractivity contribution < 1.29 is 28.2 Å². The molecule has 1 fully saturated rings. The zero-order valence-corrected chi connectivity index (χ0v) is 25.7. The summed E-state index contributed by atoms with van der Waals surface area (Å²) in [6, 6.07) is 15.1. The SMILES string of the molecule is C=C(NCC(F)(F)F)C1(CCCCN2CCC(C#CC(=O)c3cccc(OC)c3)CC2)C2=C(C=CC=CC2)c2ccccc21.O. The summed E-state index contributed by atoms with van der Waals surface area (Å²) in [6.07, 6.45) is 8.76. The molecule has 2 aromatic carbocycles. The van der Waals surface area contributed by atoms with Crippen molar-refractivity contribution in [3.8, 4) is 17.6 Å². The van der Waals surface area contributed by atoms with Gasteiger partial charge in [-0.3, -0.25) is 4.79 Å². The molecule has 3 N–H and O–H groups in total. The Morgan fingerprint density at radius 2 is 1.89 bits per heavy atom. The van der Waals surface area contributed by atoms with Crippen LogP contribution in [0.1, 0.15) is 60.0 Å². The smallest absolute Gasteiger partial charge is 0.405 e. The number of alkyl halides is 3. The fourth-order valence-electron chi connectivity index (χ4n) is 6.71. The predicted octanol–water partition coefficient (Wildman–Crippen LogP) is 6.83. The molecule has 3 aliphatic rings. The van der Waals surface area contributed by atoms with Crippen molar-refractivity contribution in [2.75, 3.05) is 33.3 Å². The van der Waals surface area contributed by atoms with E-state index in [1.807, 2.05) is 30.4 Å². The van der Waals surface area contributed by atoms with Gasteiger partial charge in [0.2, 0.25) is 5.78 Å². The molecule has 1 heterocycles. The number of halogens is 3. The Morgan fingerprint density at radius 1 is 1.11 bits per heavy atom. The first-order valence-corrected chi connectivity index (χ1v) is 15.3. The van der Waals surface area contributed by atoms with Crippen molar-refractivity contribution in [3.63, 3.8) is 0 Å². The Balaban J connectivity index is 0.00000461. The summed E-state index contributed by atoms with van der Waals surface area (Å²) in [7, 11) is 1.57. The first-order valence-electron chi connectivity index (χ1n) is 15.3. The topological polar surface area (TPSA) is 73.1 Å². The number of carbonyl (C=O) groups is 1. The monoisotopic (exact) mass is 618 g/mol. The highest BCUT2D eigenvalue weighted by Crippen LogP contribution is 2.54. The molecule has 1 saturated heterocycles. The molecule has 238 valence electrons. The quantitative estimate of drug-likeness (QED) is 0.137. The van der Waals surface area contributed by atoms with E-state index in [9.17, 15) is 18.0 Å². The van der Waals surface area contributed by atoms with E-state index in [0.29, 0.717) is 29.9 Å². The van der Waals surface area contributed by atoms with E-state index >= 15 is 0 Å². The van der Waals surface area contributed by atoms with Gasteiger partial charge >= 0.3 is 6.18 Å². The Bertz CT molecular complexity index is 1540. The van der Waals surface area contributed by atoms with Gasteiger partial charge in [-0.05, 0) is 92.1 Å². The van der Waals surface area contributed by atoms with Gasteiger partial charge in [0, 0.05) is 17.2 Å². The number of ether oxygens (including phenoxy) is 1. The fourth-order valence-corrected chi connectivity index (χ4v) is 6.71. The summed E-state index contributed by atoms with van der Waals surface area (Å²) in [5, 5.41) is 2.68. The Labute approximate surface area is 263 Å². The molecule has 0 bridgehead atoms. The molecule has 45 heavy (non-hydrogen) atoms. The molecule has 2 aliphatic carbocycles. The van der Waals surface area contributed by atoms with Gasteiger partial charge in [0.25, 0.3) is 0 Å². The van der Waals surface area contributed by atoms with Crippen molar-refractivity contribution in [1.82, 2.24) is 10.2 Å². The molecule has 0 amide bonds. The summed E-state index contributed by atoms with van der Waals surface area (Å²) in [5.74, 6) is 6.63. The molecular formula is C37H41F3N2O3. The average molecular weight is 619 g/mol. The number of hydrogen-bond donors (Lipinski definition) is 1. The number of Topliss-reactive ketones (excluding diaryl/α,β-unsaturated/α-hetero) is 1. The summed E-state index contributed by atoms with van der Waals surface area (Å²) < 4.78 is 45.0. The van der Waals surface area contributed by atoms with Crippen LogP contribution >= 0.6 is 0 Å². The van der Waals surface area contributed by atoms with E-state index in [1.54, 1.807) is 31.4 Å². The minimum Gasteiger partial charge on any atom is -0.497 e. The van der Waals surface area contributed by atoms with Gasteiger partial charge in [-0.1, -0.05) is 79.6 Å². The van der Waals surface area contributed by atoms with Crippen molar-refractivity contribution in [2.24, 2.45) is 5.92 Å². The largest absolute Gasteiger partial charge is 0.497 e. The zero-order chi connectivity index (χ0) is 31.2. The van der Waals surface area contributed by atoms with Crippen LogP contribution in [0.2, 0.25) is 0 Å². The van der Waals surface area contributed by atoms with E-state index in [-0.39, 0.29) is 17.2 Å². The number of likely N-dealkylation sites (tertiary alicyclic amines) is 1. The van der Waals surface area contributed by atoms with Crippen LogP contribution in [-0.4, -0.2) is 55.6 Å². The number of hydrogen-bond acceptors (Lipinski definition) is 4. The molecule has 2 aromatic rings. The number of nitrogens with zero attached hydrogens (tertiary/aromatic N) is 1. The molecule has 0 spiro atoms. The van der Waals surface area contributed by atoms with Gasteiger partial charge in [-0.25, -0.2) is 0 Å². The number of ketones is 1. The number of piperidine rings is 1. The lowest BCUT2D eigenvalue weighted by molar-refractivity contribution is -0.123. The van der Waals surface area contributed by atoms with Gasteiger partial charge in [0.15, 0.2) is 0 Å². The summed E-state index contributed by atoms with van der Waals surface area (Å²) >= 11 is 0. The maximum atomic E-state index is 13.3. The molecule has 1 unspecified atom stereocenters. The normalized spacial score (nSPS) is 19.5. The molecule has 0 aromatic heterocycles. The number of fused-ring (bicyclic) bond motifs is 2. The van der Waals surface area contributed by atoms with Crippen molar-refractivity contribution in [1.29, 1.82) is 0 Å². The second-order valence-electron chi connectivity index (χ2n) is 11.7. The third kappa shape index (κ3) is 7.78. The van der Waals surface area contributed by atoms with Gasteiger partial charge in [0.05, 0.1) is 12.5 Å². The highest BCUT2D eigenvalue weighted by Gasteiger charge is 2.46. The second kappa shape index (κ2) is 14.8. The van der Waals surface area contributed by atoms with Crippen LogP contribution in [0.5, 0.6) is 5.75 Å². The van der Waals surface area contributed by atoms with Crippen LogP contribution in [0, 0.1) is 17.8 Å². The van der Waals surface area contributed by atoms with Crippen LogP contribution < -0.4 is 10.1 Å². The first-order chi connectivity index (χ1) is 21.2. The van der Waals surface area contributed by atoms with Crippen molar-refractivity contribution >= 4 is 11.4 Å². The van der Waals surface area contributed by atoms with Crippen LogP contribution in [-0.2, 0) is 5.41 Å². The number of methoxy groups -OCH3 is 1. The molecule has 5 rings (SSSR count). The van der Waals surface area contributed by atoms with Gasteiger partial charge in [0.1, 0.15) is 12.3 Å². The standard InChI is InChI=1S/C37H39F3N2O2.H2O/c1-27(41-26-37(38,39)40)36(33-15-5-3-4-13-31(33)32-14-6-7-16-34(32)36)21-8-9-22-42-23-19-28(20-24-42)17-18-35(43)29-11-10-12-30(25-29)44-2;/h3-7,10-14,16,25,28,41H,1,8-9,15,19-24,26H2,2H3;1H2. The van der Waals surface area contributed by atoms with E-state index in [2.05, 4.69) is 46.9 Å². The number of rotatable bonds is 10. The molecule has 0 radical (unpaired) electrons. The Hall–Kier alpha value is -4.06. The van der Waals surface area contributed by atoms with Gasteiger partial charge < -0.3 is 20.4 Å². The minimum atomic E-state index is -4.33. The van der Waals surface area contributed by atoms with E-state index in [1.165, 1.54) is 0 Å². The highest BCUT2D eigenvalue weighted by atomic mass is 19.4. The minimum absolute atomic E-state index is 0. The Kier molecular flexibility index (Phi) is 11.1. The lowest BCUT2D eigenvalue weighted by Gasteiger charge is -2.37. The summed E-state index contributed by atoms with van der Waals surface area (Å²) in [5.41, 5.74) is 4.57. The third-order valence-corrected chi connectivity index (χ3v) is 8.95. The van der Waals surface area contributed by atoms with Crippen molar-refractivity contribution in [2.45, 2.75) is 50.1 Å². The van der Waals surface area contributed by atoms with E-state index < -0.39 is 18.1 Å². The van der Waals surface area contributed by atoms with Gasteiger partial charge in [-0.15, -0.1) is 0 Å². The first kappa shape index (κ1) is 33.8. The lowest BCUT2D eigenvalue weighted by atomic mass is 9.70. The van der Waals surface area contributed by atoms with E-state index in [0.717, 1.165) is 67.6 Å². The Morgan fingerprint density at radius 3 is 2.64 bits per heavy atom. The van der Waals surface area contributed by atoms with Crippen LogP contribution in [0.3, 0.4) is 0 Å². The third-order valence-electron chi connectivity index (χ3n) is 8.95. The molecule has 5 nitrogen and oxygen atoms in total. The zero-order valence-electron chi connectivity index (χ0n) is 25.7. The molecule has 1 atom stereocenters. The molecule has 0 saturated carbocycles. The van der Waals surface area contributed by atoms with Crippen molar-refractivity contribution in [3.05, 3.63) is 107 Å². The highest BCUT2D eigenvalue weighted by molar-refractivity contribution is 6.09. The number of benzene rings is 2. The second-order valence-corrected chi connectivity index (χ2v) is 11.7. The summed E-state index contributed by atoms with van der Waals surface area (Å²) in [6.45, 7) is 5.84. The number of allylic oxidation sites excluding steroid dienone is 6. The van der Waals surface area contributed by atoms with Crippen LogP contribution in [0.4, 0.5) is 13.2 Å².